The number of nitrogens with two attached hydrogens (primary N) is 1. The summed E-state index contributed by atoms with van der Waals surface area (Å²) in [5.41, 5.74) is 7.38. The molecule has 1 saturated heterocycles. The van der Waals surface area contributed by atoms with Gasteiger partial charge in [0.1, 0.15) is 40.8 Å². The van der Waals surface area contributed by atoms with E-state index in [1.807, 2.05) is 25.1 Å². The molecule has 3 aromatic heterocycles. The molecule has 0 spiro atoms. The highest BCUT2D eigenvalue weighted by atomic mass is 35.5. The standard InChI is InChI=1S/C21H19ClN8O5S2/c1-9-4-3-5-11-28(8-24-30(9)11)6-10-7-36-19-14(18(32)29(19)15(10)20(33)34)25-17(31)13(27-35-2)12-16(22)37-21(23)26-12/h3-5,8,14,19H,6-7H2,1-2H3,(H3-,23,25,26,31,33,34)/b27-13-/t14-,19-/m1/s1. The van der Waals surface area contributed by atoms with Crippen LogP contribution in [-0.2, 0) is 25.8 Å². The number of rotatable bonds is 7. The highest BCUT2D eigenvalue weighted by Gasteiger charge is 2.53. The van der Waals surface area contributed by atoms with E-state index in [0.717, 1.165) is 27.6 Å². The monoisotopic (exact) mass is 562 g/mol. The van der Waals surface area contributed by atoms with Crippen LogP contribution in [0.15, 0.2) is 41.0 Å². The average molecular weight is 563 g/mol. The molecular weight excluding hydrogens is 544 g/mol. The molecule has 0 saturated carbocycles. The molecular formula is C21H19ClN8O5S2. The van der Waals surface area contributed by atoms with Crippen LogP contribution in [0.1, 0.15) is 11.4 Å². The average Bonchev–Trinajstić information content (AvgIpc) is 3.43. The van der Waals surface area contributed by atoms with Gasteiger partial charge in [0.2, 0.25) is 6.33 Å². The van der Waals surface area contributed by atoms with Crippen LogP contribution in [0.5, 0.6) is 0 Å². The molecule has 2 amide bonds. The lowest BCUT2D eigenvalue weighted by molar-refractivity contribution is -0.584. The van der Waals surface area contributed by atoms with E-state index in [9.17, 15) is 19.5 Å². The highest BCUT2D eigenvalue weighted by molar-refractivity contribution is 8.00. The maximum absolute atomic E-state index is 13.1. The molecule has 3 N–H and O–H groups in total. The predicted molar refractivity (Wildman–Crippen MR) is 132 cm³/mol. The molecule has 0 unspecified atom stereocenters. The third-order valence-electron chi connectivity index (χ3n) is 5.85. The zero-order valence-corrected chi connectivity index (χ0v) is 21.8. The van der Waals surface area contributed by atoms with Gasteiger partial charge in [-0.25, -0.2) is 9.55 Å². The van der Waals surface area contributed by atoms with Crippen molar-refractivity contribution in [1.82, 2.24) is 24.9 Å². The smallest absolute Gasteiger partial charge is 0.308 e. The molecule has 5 heterocycles. The molecule has 2 aliphatic rings. The number of β-lactam (4-membered cyclic amide) rings is 1. The maximum atomic E-state index is 13.1. The first kappa shape index (κ1) is 25.0. The number of aryl methyl sites for hydroxylation is 1. The second kappa shape index (κ2) is 9.64. The van der Waals surface area contributed by atoms with Crippen molar-refractivity contribution in [1.29, 1.82) is 0 Å². The molecule has 13 nitrogen and oxygen atoms in total. The Balaban J connectivity index is 1.38. The van der Waals surface area contributed by atoms with Crippen molar-refractivity contribution in [2.24, 2.45) is 5.16 Å². The Bertz CT molecular complexity index is 1520. The number of nitrogens with zero attached hydrogens (tertiary/aromatic N) is 6. The summed E-state index contributed by atoms with van der Waals surface area (Å²) in [5, 5.41) is 22.2. The van der Waals surface area contributed by atoms with Crippen LogP contribution in [0.4, 0.5) is 5.13 Å². The molecule has 192 valence electrons. The number of carbonyl (C=O) groups excluding carboxylic acids is 3. The number of hydrogen-bond acceptors (Lipinski definition) is 11. The molecule has 1 fully saturated rings. The molecule has 16 heteroatoms. The molecule has 0 radical (unpaired) electrons. The number of hydrogen-bond donors (Lipinski definition) is 2. The normalized spacial score (nSPS) is 19.6. The fraction of sp³-hybridized carbons (Fsp3) is 0.286. The van der Waals surface area contributed by atoms with Crippen molar-refractivity contribution in [2.45, 2.75) is 24.9 Å². The van der Waals surface area contributed by atoms with Crippen molar-refractivity contribution < 1.29 is 28.8 Å². The summed E-state index contributed by atoms with van der Waals surface area (Å²) >= 11 is 8.39. The summed E-state index contributed by atoms with van der Waals surface area (Å²) in [6.07, 6.45) is 1.60. The van der Waals surface area contributed by atoms with E-state index in [4.69, 9.17) is 22.2 Å². The first-order chi connectivity index (χ1) is 17.7. The molecule has 5 rings (SSSR count). The van der Waals surface area contributed by atoms with Gasteiger partial charge in [-0.15, -0.1) is 11.8 Å². The second-order valence-electron chi connectivity index (χ2n) is 8.09. The second-order valence-corrected chi connectivity index (χ2v) is 10.8. The SMILES string of the molecule is CO/N=C(\C(=O)N[C@@H]1C(=O)N2C(C(=O)[O-])=C(Cn3cn[n+]4c(C)cccc34)CS[C@H]12)c1nc(N)sc1Cl. The van der Waals surface area contributed by atoms with Crippen LogP contribution < -0.4 is 20.7 Å². The van der Waals surface area contributed by atoms with Gasteiger partial charge >= 0.3 is 5.65 Å². The number of pyridine rings is 1. The fourth-order valence-electron chi connectivity index (χ4n) is 4.21. The van der Waals surface area contributed by atoms with Crippen molar-refractivity contribution in [3.63, 3.8) is 0 Å². The van der Waals surface area contributed by atoms with Crippen LogP contribution in [-0.4, -0.2) is 67.3 Å². The summed E-state index contributed by atoms with van der Waals surface area (Å²) < 4.78 is 3.66. The van der Waals surface area contributed by atoms with Gasteiger partial charge in [0.15, 0.2) is 10.8 Å². The first-order valence-corrected chi connectivity index (χ1v) is 13.0. The van der Waals surface area contributed by atoms with Crippen LogP contribution in [0.25, 0.3) is 5.65 Å². The molecule has 37 heavy (non-hydrogen) atoms. The van der Waals surface area contributed by atoms with E-state index in [1.165, 1.54) is 18.9 Å². The molecule has 2 aliphatic heterocycles. The number of fused-ring (bicyclic) bond motifs is 2. The van der Waals surface area contributed by atoms with E-state index >= 15 is 0 Å². The predicted octanol–water partition coefficient (Wildman–Crippen LogP) is -0.923. The van der Waals surface area contributed by atoms with E-state index in [2.05, 4.69) is 20.6 Å². The van der Waals surface area contributed by atoms with Crippen LogP contribution in [0.2, 0.25) is 4.34 Å². The number of aromatic nitrogens is 4. The number of anilines is 1. The molecule has 0 aromatic carbocycles. The van der Waals surface area contributed by atoms with Crippen molar-refractivity contribution >= 4 is 69.0 Å². The van der Waals surface area contributed by atoms with Crippen molar-refractivity contribution in [2.75, 3.05) is 18.6 Å². The Hall–Kier alpha value is -3.69. The fourth-order valence-corrected chi connectivity index (χ4v) is 6.48. The van der Waals surface area contributed by atoms with Crippen molar-refractivity contribution in [3.8, 4) is 0 Å². The van der Waals surface area contributed by atoms with Gasteiger partial charge in [-0.1, -0.05) is 38.7 Å². The number of oxime groups is 1. The lowest BCUT2D eigenvalue weighted by Crippen LogP contribution is -2.71. The third kappa shape index (κ3) is 4.28. The third-order valence-corrected chi connectivity index (χ3v) is 8.27. The number of halogens is 1. The molecule has 3 aromatic rings. The number of aliphatic carboxylic acids is 1. The summed E-state index contributed by atoms with van der Waals surface area (Å²) in [4.78, 5) is 48.1. The van der Waals surface area contributed by atoms with Gasteiger partial charge in [-0.2, -0.15) is 0 Å². The van der Waals surface area contributed by atoms with Gasteiger partial charge in [0.05, 0.1) is 11.7 Å². The Morgan fingerprint density at radius 2 is 2.22 bits per heavy atom. The minimum atomic E-state index is -1.47. The van der Waals surface area contributed by atoms with Crippen LogP contribution >= 0.6 is 34.7 Å². The van der Waals surface area contributed by atoms with Gasteiger partial charge < -0.3 is 25.8 Å². The summed E-state index contributed by atoms with van der Waals surface area (Å²) in [6.45, 7) is 2.11. The highest BCUT2D eigenvalue weighted by Crippen LogP contribution is 2.40. The lowest BCUT2D eigenvalue weighted by Gasteiger charge is -2.50. The lowest BCUT2D eigenvalue weighted by atomic mass is 10.0. The summed E-state index contributed by atoms with van der Waals surface area (Å²) in [7, 11) is 1.24. The van der Waals surface area contributed by atoms with Crippen LogP contribution in [0, 0.1) is 6.92 Å². The first-order valence-electron chi connectivity index (χ1n) is 10.8. The Kier molecular flexibility index (Phi) is 6.51. The largest absolute Gasteiger partial charge is 0.543 e. The van der Waals surface area contributed by atoms with Gasteiger partial charge in [0.25, 0.3) is 11.8 Å². The molecule has 0 bridgehead atoms. The van der Waals surface area contributed by atoms with Gasteiger partial charge in [-0.05, 0) is 11.2 Å². The van der Waals surface area contributed by atoms with E-state index < -0.39 is 29.2 Å². The zero-order valence-electron chi connectivity index (χ0n) is 19.4. The summed E-state index contributed by atoms with van der Waals surface area (Å²) in [5.74, 6) is -2.54. The number of amides is 2. The number of carboxylic acids is 1. The minimum Gasteiger partial charge on any atom is -0.543 e. The maximum Gasteiger partial charge on any atom is 0.308 e. The quantitative estimate of drug-likeness (QED) is 0.160. The Morgan fingerprint density at radius 1 is 1.43 bits per heavy atom. The number of thioether (sulfide) groups is 1. The zero-order chi connectivity index (χ0) is 26.4. The number of carboxylic acid groups (broad SMARTS) is 1. The molecule has 2 atom stereocenters. The van der Waals surface area contributed by atoms with Gasteiger partial charge in [0, 0.05) is 24.3 Å². The number of carbonyl (C=O) groups is 3. The topological polar surface area (TPSA) is 172 Å². The Labute approximate surface area is 222 Å². The Morgan fingerprint density at radius 3 is 2.89 bits per heavy atom. The minimum absolute atomic E-state index is 0.0155. The van der Waals surface area contributed by atoms with E-state index in [1.54, 1.807) is 15.4 Å². The van der Waals surface area contributed by atoms with Gasteiger partial charge in [-0.3, -0.25) is 14.5 Å². The van der Waals surface area contributed by atoms with E-state index in [-0.39, 0.29) is 33.1 Å². The van der Waals surface area contributed by atoms with E-state index in [0.29, 0.717) is 11.3 Å². The summed E-state index contributed by atoms with van der Waals surface area (Å²) in [6, 6.07) is 4.64. The number of thiazole rings is 1. The van der Waals surface area contributed by atoms with Crippen LogP contribution in [0.3, 0.4) is 0 Å². The number of nitrogens with one attached hydrogen (secondary N) is 1. The number of nitrogen functional groups attached to an aromatic ring is 1. The molecule has 0 aliphatic carbocycles. The van der Waals surface area contributed by atoms with Crippen molar-refractivity contribution in [3.05, 3.63) is 51.5 Å².